The molecule has 22 heavy (non-hydrogen) atoms. The lowest BCUT2D eigenvalue weighted by atomic mass is 10.1. The fourth-order valence-corrected chi connectivity index (χ4v) is 2.58. The highest BCUT2D eigenvalue weighted by molar-refractivity contribution is 7.88. The van der Waals surface area contributed by atoms with E-state index < -0.39 is 16.0 Å². The van der Waals surface area contributed by atoms with E-state index in [0.717, 1.165) is 9.87 Å². The molecule has 0 unspecified atom stereocenters. The largest absolute Gasteiger partial charge is 0.454 e. The normalized spacial score (nSPS) is 11.6. The Morgan fingerprint density at radius 1 is 1.18 bits per heavy atom. The molecule has 2 aromatic rings. The van der Waals surface area contributed by atoms with Gasteiger partial charge in [-0.25, -0.2) is 17.5 Å². The fourth-order valence-electron chi connectivity index (χ4n) is 1.77. The summed E-state index contributed by atoms with van der Waals surface area (Å²) in [6, 6.07) is 9.87. The van der Waals surface area contributed by atoms with Crippen LogP contribution < -0.4 is 0 Å². The van der Waals surface area contributed by atoms with E-state index in [4.69, 9.17) is 9.15 Å². The molecule has 0 atom stereocenters. The molecule has 0 aliphatic carbocycles. The summed E-state index contributed by atoms with van der Waals surface area (Å²) in [5.74, 6) is -0.214. The molecule has 0 N–H and O–H groups in total. The van der Waals surface area contributed by atoms with Gasteiger partial charge in [-0.15, -0.1) is 0 Å². The van der Waals surface area contributed by atoms with Crippen LogP contribution in [0.15, 0.2) is 45.9 Å². The minimum atomic E-state index is -3.63. The predicted octanol–water partition coefficient (Wildman–Crippen LogP) is 2.20. The lowest BCUT2D eigenvalue weighted by Gasteiger charge is -2.08. The second-order valence-electron chi connectivity index (χ2n) is 4.90. The molecule has 0 spiro atoms. The summed E-state index contributed by atoms with van der Waals surface area (Å²) >= 11 is 0. The van der Waals surface area contributed by atoms with Crippen LogP contribution in [0.25, 0.3) is 0 Å². The number of furan rings is 1. The van der Waals surface area contributed by atoms with E-state index in [1.165, 1.54) is 26.2 Å². The SMILES string of the molecule is Cc1ccccc1C(=O)OCc1ccc(S(=O)(=O)N(C)C)o1. The third-order valence-electron chi connectivity index (χ3n) is 3.08. The van der Waals surface area contributed by atoms with E-state index in [9.17, 15) is 13.2 Å². The number of ether oxygens (including phenoxy) is 1. The molecule has 0 bridgehead atoms. The average Bonchev–Trinajstić information content (AvgIpc) is 2.94. The van der Waals surface area contributed by atoms with Crippen LogP contribution in [0.1, 0.15) is 21.7 Å². The van der Waals surface area contributed by atoms with Crippen molar-refractivity contribution in [1.82, 2.24) is 4.31 Å². The minimum Gasteiger partial charge on any atom is -0.454 e. The van der Waals surface area contributed by atoms with Gasteiger partial charge >= 0.3 is 5.97 Å². The fraction of sp³-hybridized carbons (Fsp3) is 0.267. The van der Waals surface area contributed by atoms with Gasteiger partial charge in [0.25, 0.3) is 10.0 Å². The van der Waals surface area contributed by atoms with Gasteiger partial charge in [0.1, 0.15) is 12.4 Å². The van der Waals surface area contributed by atoms with Crippen molar-refractivity contribution in [2.24, 2.45) is 0 Å². The Kier molecular flexibility index (Phi) is 4.68. The van der Waals surface area contributed by atoms with Crippen LogP contribution in [0.3, 0.4) is 0 Å². The number of aryl methyl sites for hydroxylation is 1. The smallest absolute Gasteiger partial charge is 0.338 e. The van der Waals surface area contributed by atoms with Gasteiger partial charge in [0.15, 0.2) is 0 Å². The van der Waals surface area contributed by atoms with Crippen LogP contribution in [-0.2, 0) is 21.4 Å². The number of carbonyl (C=O) groups is 1. The van der Waals surface area contributed by atoms with Crippen LogP contribution in [0.5, 0.6) is 0 Å². The van der Waals surface area contributed by atoms with E-state index >= 15 is 0 Å². The first-order chi connectivity index (χ1) is 10.3. The number of hydrogen-bond acceptors (Lipinski definition) is 5. The molecule has 1 heterocycles. The Balaban J connectivity index is 2.06. The molecule has 0 saturated heterocycles. The van der Waals surface area contributed by atoms with Crippen LogP contribution in [0, 0.1) is 6.92 Å². The minimum absolute atomic E-state index is 0.129. The summed E-state index contributed by atoms with van der Waals surface area (Å²) in [4.78, 5) is 12.0. The van der Waals surface area contributed by atoms with E-state index in [1.54, 1.807) is 12.1 Å². The van der Waals surface area contributed by atoms with Crippen molar-refractivity contribution in [2.45, 2.75) is 18.6 Å². The van der Waals surface area contributed by atoms with Gasteiger partial charge in [0, 0.05) is 14.1 Å². The third kappa shape index (κ3) is 3.37. The Bertz CT molecular complexity index is 777. The number of benzene rings is 1. The first-order valence-electron chi connectivity index (χ1n) is 6.56. The van der Waals surface area contributed by atoms with Gasteiger partial charge in [0.05, 0.1) is 5.56 Å². The quantitative estimate of drug-likeness (QED) is 0.788. The number of nitrogens with zero attached hydrogens (tertiary/aromatic N) is 1. The lowest BCUT2D eigenvalue weighted by molar-refractivity contribution is 0.0440. The van der Waals surface area contributed by atoms with Gasteiger partial charge in [-0.1, -0.05) is 18.2 Å². The van der Waals surface area contributed by atoms with Crippen molar-refractivity contribution in [3.63, 3.8) is 0 Å². The van der Waals surface area contributed by atoms with Crippen molar-refractivity contribution >= 4 is 16.0 Å². The second kappa shape index (κ2) is 6.33. The maximum Gasteiger partial charge on any atom is 0.338 e. The summed E-state index contributed by atoms with van der Waals surface area (Å²) in [6.07, 6.45) is 0. The van der Waals surface area contributed by atoms with Gasteiger partial charge in [0.2, 0.25) is 5.09 Å². The first-order valence-corrected chi connectivity index (χ1v) is 8.00. The summed E-state index contributed by atoms with van der Waals surface area (Å²) in [5.41, 5.74) is 1.28. The Morgan fingerprint density at radius 2 is 1.86 bits per heavy atom. The highest BCUT2D eigenvalue weighted by atomic mass is 32.2. The predicted molar refractivity (Wildman–Crippen MR) is 79.9 cm³/mol. The molecular weight excluding hydrogens is 306 g/mol. The third-order valence-corrected chi connectivity index (χ3v) is 4.77. The number of esters is 1. The van der Waals surface area contributed by atoms with Gasteiger partial charge in [-0.3, -0.25) is 0 Å². The van der Waals surface area contributed by atoms with Crippen LogP contribution >= 0.6 is 0 Å². The second-order valence-corrected chi connectivity index (χ2v) is 6.98. The first kappa shape index (κ1) is 16.3. The molecule has 0 aliphatic heterocycles. The lowest BCUT2D eigenvalue weighted by Crippen LogP contribution is -2.21. The molecule has 7 heteroatoms. The maximum atomic E-state index is 12.0. The standard InChI is InChI=1S/C15H17NO5S/c1-11-6-4-5-7-13(11)15(17)20-10-12-8-9-14(21-12)22(18,19)16(2)3/h4-9H,10H2,1-3H3. The molecule has 0 radical (unpaired) electrons. The van der Waals surface area contributed by atoms with Crippen molar-refractivity contribution in [3.8, 4) is 0 Å². The van der Waals surface area contributed by atoms with Crippen molar-refractivity contribution in [3.05, 3.63) is 53.3 Å². The van der Waals surface area contributed by atoms with Crippen LogP contribution in [0.2, 0.25) is 0 Å². The van der Waals surface area contributed by atoms with Crippen LogP contribution in [0.4, 0.5) is 0 Å². The van der Waals surface area contributed by atoms with E-state index in [2.05, 4.69) is 0 Å². The molecular formula is C15H17NO5S. The number of rotatable bonds is 5. The zero-order valence-corrected chi connectivity index (χ0v) is 13.4. The molecule has 118 valence electrons. The van der Waals surface area contributed by atoms with Crippen LogP contribution in [-0.4, -0.2) is 32.8 Å². The van der Waals surface area contributed by atoms with E-state index in [1.807, 2.05) is 19.1 Å². The van der Waals surface area contributed by atoms with Gasteiger partial charge in [-0.2, -0.15) is 0 Å². The maximum absolute atomic E-state index is 12.0. The van der Waals surface area contributed by atoms with E-state index in [-0.39, 0.29) is 17.5 Å². The number of sulfonamides is 1. The summed E-state index contributed by atoms with van der Waals surface area (Å²) in [6.45, 7) is 1.68. The van der Waals surface area contributed by atoms with Gasteiger partial charge < -0.3 is 9.15 Å². The molecule has 2 rings (SSSR count). The highest BCUT2D eigenvalue weighted by Gasteiger charge is 2.22. The summed E-state index contributed by atoms with van der Waals surface area (Å²) in [5, 5.41) is -0.181. The van der Waals surface area contributed by atoms with E-state index in [0.29, 0.717) is 5.56 Å². The molecule has 0 amide bonds. The Hall–Kier alpha value is -2.12. The molecule has 0 saturated carbocycles. The molecule has 0 fully saturated rings. The van der Waals surface area contributed by atoms with Crippen molar-refractivity contribution < 1.29 is 22.4 Å². The molecule has 6 nitrogen and oxygen atoms in total. The molecule has 1 aromatic carbocycles. The average molecular weight is 323 g/mol. The highest BCUT2D eigenvalue weighted by Crippen LogP contribution is 2.18. The number of carbonyl (C=O) groups excluding carboxylic acids is 1. The Morgan fingerprint density at radius 3 is 2.50 bits per heavy atom. The molecule has 0 aliphatic rings. The molecule has 1 aromatic heterocycles. The zero-order chi connectivity index (χ0) is 16.3. The summed E-state index contributed by atoms with van der Waals surface area (Å²) < 4.78 is 35.2. The zero-order valence-electron chi connectivity index (χ0n) is 12.6. The van der Waals surface area contributed by atoms with Crippen molar-refractivity contribution in [1.29, 1.82) is 0 Å². The number of hydrogen-bond donors (Lipinski definition) is 0. The monoisotopic (exact) mass is 323 g/mol. The topological polar surface area (TPSA) is 76.8 Å². The Labute approximate surface area is 129 Å². The van der Waals surface area contributed by atoms with Gasteiger partial charge in [-0.05, 0) is 30.7 Å². The summed E-state index contributed by atoms with van der Waals surface area (Å²) in [7, 11) is -0.802. The van der Waals surface area contributed by atoms with Crippen molar-refractivity contribution in [2.75, 3.05) is 14.1 Å².